The van der Waals surface area contributed by atoms with Crippen molar-refractivity contribution >= 4 is 27.3 Å². The Bertz CT molecular complexity index is 861. The first-order chi connectivity index (χ1) is 11.5. The van der Waals surface area contributed by atoms with Crippen LogP contribution < -0.4 is 9.62 Å². The lowest BCUT2D eigenvalue weighted by Crippen LogP contribution is -2.24. The Balaban J connectivity index is 2.11. The lowest BCUT2D eigenvalue weighted by Gasteiger charge is -2.16. The molecule has 1 amide bonds. The van der Waals surface area contributed by atoms with E-state index in [-0.39, 0.29) is 11.3 Å². The second-order valence-electron chi connectivity index (χ2n) is 5.31. The van der Waals surface area contributed by atoms with Gasteiger partial charge in [-0.2, -0.15) is 13.2 Å². The molecule has 5 nitrogen and oxygen atoms in total. The van der Waals surface area contributed by atoms with Crippen LogP contribution in [0.5, 0.6) is 0 Å². The molecule has 0 aliphatic carbocycles. The minimum absolute atomic E-state index is 0.218. The van der Waals surface area contributed by atoms with Crippen LogP contribution in [-0.2, 0) is 16.2 Å². The fraction of sp³-hybridized carbons (Fsp3) is 0.188. The predicted octanol–water partition coefficient (Wildman–Crippen LogP) is 3.35. The number of alkyl halides is 3. The average molecular weight is 372 g/mol. The van der Waals surface area contributed by atoms with Gasteiger partial charge in [0.15, 0.2) is 0 Å². The smallest absolute Gasteiger partial charge is 0.322 e. The first-order valence-electron chi connectivity index (χ1n) is 7.01. The number of halogens is 3. The van der Waals surface area contributed by atoms with Gasteiger partial charge in [-0.25, -0.2) is 8.42 Å². The highest BCUT2D eigenvalue weighted by Gasteiger charge is 2.30. The number of carbonyl (C=O) groups excluding carboxylic acids is 1. The van der Waals surface area contributed by atoms with E-state index in [0.29, 0.717) is 5.69 Å². The summed E-state index contributed by atoms with van der Waals surface area (Å²) in [6, 6.07) is 9.84. The molecule has 0 radical (unpaired) electrons. The van der Waals surface area contributed by atoms with E-state index >= 15 is 0 Å². The summed E-state index contributed by atoms with van der Waals surface area (Å²) in [5.41, 5.74) is 0.0353. The minimum atomic E-state index is -4.44. The van der Waals surface area contributed by atoms with Gasteiger partial charge in [0.05, 0.1) is 17.5 Å². The van der Waals surface area contributed by atoms with Crippen LogP contribution >= 0.6 is 0 Å². The van der Waals surface area contributed by atoms with Crippen LogP contribution in [0.25, 0.3) is 0 Å². The average Bonchev–Trinajstić information content (AvgIpc) is 2.53. The molecule has 0 heterocycles. The lowest BCUT2D eigenvalue weighted by atomic mass is 10.1. The van der Waals surface area contributed by atoms with Crippen LogP contribution in [0.1, 0.15) is 15.9 Å². The number of carbonyl (C=O) groups is 1. The molecule has 1 N–H and O–H groups in total. The maximum absolute atomic E-state index is 12.5. The second-order valence-corrected chi connectivity index (χ2v) is 7.32. The third kappa shape index (κ3) is 4.72. The molecule has 0 aromatic heterocycles. The van der Waals surface area contributed by atoms with Gasteiger partial charge in [-0.15, -0.1) is 0 Å². The van der Waals surface area contributed by atoms with E-state index in [0.717, 1.165) is 34.8 Å². The summed E-state index contributed by atoms with van der Waals surface area (Å²) in [4.78, 5) is 12.1. The third-order valence-electron chi connectivity index (χ3n) is 3.46. The Morgan fingerprint density at radius 2 is 1.52 bits per heavy atom. The lowest BCUT2D eigenvalue weighted by molar-refractivity contribution is -0.137. The number of benzene rings is 2. The van der Waals surface area contributed by atoms with Crippen molar-refractivity contribution in [2.24, 2.45) is 0 Å². The molecule has 0 saturated heterocycles. The van der Waals surface area contributed by atoms with Crippen molar-refractivity contribution in [1.29, 1.82) is 0 Å². The van der Waals surface area contributed by atoms with Gasteiger partial charge >= 0.3 is 6.18 Å². The molecule has 0 saturated carbocycles. The Kier molecular flexibility index (Phi) is 5.07. The number of amides is 1. The van der Waals surface area contributed by atoms with Crippen molar-refractivity contribution in [1.82, 2.24) is 0 Å². The minimum Gasteiger partial charge on any atom is -0.322 e. The van der Waals surface area contributed by atoms with Crippen molar-refractivity contribution in [2.75, 3.05) is 22.9 Å². The molecule has 0 bridgehead atoms. The molecule has 0 atom stereocenters. The van der Waals surface area contributed by atoms with Crippen LogP contribution in [0.15, 0.2) is 48.5 Å². The molecule has 0 aliphatic rings. The number of anilines is 2. The van der Waals surface area contributed by atoms with E-state index in [9.17, 15) is 26.4 Å². The summed E-state index contributed by atoms with van der Waals surface area (Å²) in [7, 11) is -2.03. The zero-order chi connectivity index (χ0) is 18.8. The van der Waals surface area contributed by atoms with Gasteiger partial charge in [0.25, 0.3) is 5.91 Å². The zero-order valence-electron chi connectivity index (χ0n) is 13.3. The van der Waals surface area contributed by atoms with Crippen LogP contribution in [0.4, 0.5) is 24.5 Å². The van der Waals surface area contributed by atoms with E-state index in [4.69, 9.17) is 0 Å². The normalized spacial score (nSPS) is 11.9. The number of nitrogens with zero attached hydrogens (tertiary/aromatic N) is 1. The van der Waals surface area contributed by atoms with E-state index in [1.54, 1.807) is 0 Å². The van der Waals surface area contributed by atoms with Gasteiger partial charge in [-0.05, 0) is 48.5 Å². The molecule has 0 spiro atoms. The van der Waals surface area contributed by atoms with Crippen LogP contribution in [-0.4, -0.2) is 27.6 Å². The van der Waals surface area contributed by atoms with Crippen LogP contribution in [0.2, 0.25) is 0 Å². The summed E-state index contributed by atoms with van der Waals surface area (Å²) in [5.74, 6) is -0.520. The maximum Gasteiger partial charge on any atom is 0.416 e. The van der Waals surface area contributed by atoms with E-state index in [2.05, 4.69) is 5.32 Å². The van der Waals surface area contributed by atoms with Gasteiger partial charge in [0.2, 0.25) is 10.0 Å². The molecule has 2 aromatic rings. The molecule has 0 unspecified atom stereocenters. The summed E-state index contributed by atoms with van der Waals surface area (Å²) in [6.07, 6.45) is -3.39. The SMILES string of the molecule is CN(c1ccc(C(=O)Nc2ccc(C(F)(F)F)cc2)cc1)S(C)(=O)=O. The van der Waals surface area contributed by atoms with Crippen molar-refractivity contribution in [3.8, 4) is 0 Å². The first-order valence-corrected chi connectivity index (χ1v) is 8.86. The fourth-order valence-electron chi connectivity index (χ4n) is 1.96. The van der Waals surface area contributed by atoms with Gasteiger partial charge < -0.3 is 5.32 Å². The number of rotatable bonds is 4. The monoisotopic (exact) mass is 372 g/mol. The Morgan fingerprint density at radius 1 is 1.00 bits per heavy atom. The third-order valence-corrected chi connectivity index (χ3v) is 4.67. The quantitative estimate of drug-likeness (QED) is 0.895. The topological polar surface area (TPSA) is 66.5 Å². The number of hydrogen-bond acceptors (Lipinski definition) is 3. The predicted molar refractivity (Wildman–Crippen MR) is 89.1 cm³/mol. The van der Waals surface area contributed by atoms with Gasteiger partial charge in [0, 0.05) is 18.3 Å². The standard InChI is InChI=1S/C16H15F3N2O3S/c1-21(25(2,23)24)14-9-3-11(4-10-14)15(22)20-13-7-5-12(6-8-13)16(17,18)19/h3-10H,1-2H3,(H,20,22). The Labute approximate surface area is 143 Å². The molecule has 134 valence electrons. The summed E-state index contributed by atoms with van der Waals surface area (Å²) >= 11 is 0. The fourth-order valence-corrected chi connectivity index (χ4v) is 2.46. The largest absolute Gasteiger partial charge is 0.416 e. The molecule has 2 rings (SSSR count). The van der Waals surface area contributed by atoms with E-state index in [1.807, 2.05) is 0 Å². The van der Waals surface area contributed by atoms with Crippen molar-refractivity contribution in [3.63, 3.8) is 0 Å². The second kappa shape index (κ2) is 6.75. The molecule has 2 aromatic carbocycles. The van der Waals surface area contributed by atoms with Crippen molar-refractivity contribution in [2.45, 2.75) is 6.18 Å². The zero-order valence-corrected chi connectivity index (χ0v) is 14.1. The summed E-state index contributed by atoms with van der Waals surface area (Å²) in [6.45, 7) is 0. The highest BCUT2D eigenvalue weighted by Crippen LogP contribution is 2.29. The highest BCUT2D eigenvalue weighted by atomic mass is 32.2. The Morgan fingerprint density at radius 3 is 1.96 bits per heavy atom. The van der Waals surface area contributed by atoms with E-state index in [1.165, 1.54) is 31.3 Å². The summed E-state index contributed by atoms with van der Waals surface area (Å²) in [5, 5.41) is 2.48. The van der Waals surface area contributed by atoms with Crippen LogP contribution in [0.3, 0.4) is 0 Å². The maximum atomic E-state index is 12.5. The number of hydrogen-bond donors (Lipinski definition) is 1. The van der Waals surface area contributed by atoms with Gasteiger partial charge in [0.1, 0.15) is 0 Å². The molecule has 9 heteroatoms. The van der Waals surface area contributed by atoms with Crippen molar-refractivity contribution < 1.29 is 26.4 Å². The summed E-state index contributed by atoms with van der Waals surface area (Å²) < 4.78 is 61.5. The van der Waals surface area contributed by atoms with Gasteiger partial charge in [-0.1, -0.05) is 0 Å². The molecule has 0 fully saturated rings. The van der Waals surface area contributed by atoms with Crippen LogP contribution in [0, 0.1) is 0 Å². The van der Waals surface area contributed by atoms with E-state index < -0.39 is 27.7 Å². The van der Waals surface area contributed by atoms with Gasteiger partial charge in [-0.3, -0.25) is 9.10 Å². The molecule has 0 aliphatic heterocycles. The molecular weight excluding hydrogens is 357 g/mol. The number of sulfonamides is 1. The van der Waals surface area contributed by atoms with Crippen molar-refractivity contribution in [3.05, 3.63) is 59.7 Å². The number of nitrogens with one attached hydrogen (secondary N) is 1. The molecular formula is C16H15F3N2O3S. The highest BCUT2D eigenvalue weighted by molar-refractivity contribution is 7.92. The Hall–Kier alpha value is -2.55. The first kappa shape index (κ1) is 18.8. The molecule has 25 heavy (non-hydrogen) atoms.